The van der Waals surface area contributed by atoms with Gasteiger partial charge in [0.05, 0.1) is 24.3 Å². The molecule has 0 aliphatic carbocycles. The van der Waals surface area contributed by atoms with Gasteiger partial charge in [0, 0.05) is 13.1 Å². The number of ketones is 1. The summed E-state index contributed by atoms with van der Waals surface area (Å²) in [4.78, 5) is 29.0. The van der Waals surface area contributed by atoms with E-state index in [0.29, 0.717) is 23.4 Å². The Morgan fingerprint density at radius 1 is 1.14 bits per heavy atom. The number of para-hydroxylation sites is 1. The van der Waals surface area contributed by atoms with Crippen LogP contribution < -0.4 is 4.74 Å². The van der Waals surface area contributed by atoms with Crippen molar-refractivity contribution in [1.29, 1.82) is 0 Å². The molecule has 1 atom stereocenters. The molecule has 7 heteroatoms. The largest absolute Gasteiger partial charge is 0.507 e. The number of amides is 1. The Hall–Kier alpha value is -3.19. The number of likely N-dealkylation sites (N-methyl/N-ethyl adjacent to an activating group) is 1. The number of hydrogen-bond donors (Lipinski definition) is 1. The molecule has 1 heterocycles. The quantitative estimate of drug-likeness (QED) is 0.460. The molecule has 0 saturated carbocycles. The highest BCUT2D eigenvalue weighted by atomic mass is 19.1. The van der Waals surface area contributed by atoms with E-state index in [-0.39, 0.29) is 17.9 Å². The van der Waals surface area contributed by atoms with Crippen molar-refractivity contribution in [2.45, 2.75) is 6.04 Å². The van der Waals surface area contributed by atoms with Crippen molar-refractivity contribution in [3.8, 4) is 5.75 Å². The van der Waals surface area contributed by atoms with Crippen LogP contribution in [0.15, 0.2) is 54.1 Å². The highest BCUT2D eigenvalue weighted by Gasteiger charge is 2.46. The Labute approximate surface area is 168 Å². The zero-order valence-electron chi connectivity index (χ0n) is 16.6. The Bertz CT molecular complexity index is 954. The maximum absolute atomic E-state index is 13.5. The highest BCUT2D eigenvalue weighted by molar-refractivity contribution is 6.46. The first-order valence-corrected chi connectivity index (χ1v) is 9.17. The first-order valence-electron chi connectivity index (χ1n) is 9.17. The highest BCUT2D eigenvalue weighted by Crippen LogP contribution is 2.40. The third kappa shape index (κ3) is 4.00. The predicted molar refractivity (Wildman–Crippen MR) is 107 cm³/mol. The number of likely N-dealkylation sites (tertiary alicyclic amines) is 1. The number of carbonyl (C=O) groups is 2. The normalized spacial score (nSPS) is 18.5. The molecule has 2 aromatic rings. The fourth-order valence-corrected chi connectivity index (χ4v) is 3.40. The van der Waals surface area contributed by atoms with Crippen molar-refractivity contribution in [2.24, 2.45) is 0 Å². The fourth-order valence-electron chi connectivity index (χ4n) is 3.40. The monoisotopic (exact) mass is 398 g/mol. The van der Waals surface area contributed by atoms with E-state index in [9.17, 15) is 19.1 Å². The smallest absolute Gasteiger partial charge is 0.295 e. The van der Waals surface area contributed by atoms with E-state index in [1.165, 1.54) is 36.3 Å². The number of Topliss-reactive ketones (excluding diaryl/α,β-unsaturated/α-hetero) is 1. The van der Waals surface area contributed by atoms with Crippen LogP contribution in [0.3, 0.4) is 0 Å². The minimum Gasteiger partial charge on any atom is -0.507 e. The van der Waals surface area contributed by atoms with Crippen molar-refractivity contribution in [3.05, 3.63) is 71.0 Å². The predicted octanol–water partition coefficient (Wildman–Crippen LogP) is 2.82. The van der Waals surface area contributed by atoms with Crippen LogP contribution in [0.25, 0.3) is 5.76 Å². The van der Waals surface area contributed by atoms with E-state index >= 15 is 0 Å². The number of hydrogen-bond acceptors (Lipinski definition) is 5. The third-order valence-electron chi connectivity index (χ3n) is 4.88. The standard InChI is InChI=1S/C22H23FN2O4/c1-24(2)12-13-25-19(14-8-10-15(23)11-9-14)18(21(27)22(25)28)20(26)16-6-4-5-7-17(16)29-3/h4-11,19,26H,12-13H2,1-3H3/b20-18-. The second-order valence-electron chi connectivity index (χ2n) is 7.05. The Kier molecular flexibility index (Phi) is 5.98. The lowest BCUT2D eigenvalue weighted by Crippen LogP contribution is -2.35. The summed E-state index contributed by atoms with van der Waals surface area (Å²) in [5.41, 5.74) is 0.818. The average molecular weight is 398 g/mol. The van der Waals surface area contributed by atoms with Crippen LogP contribution in [0.5, 0.6) is 5.75 Å². The molecule has 0 aromatic heterocycles. The van der Waals surface area contributed by atoms with Crippen molar-refractivity contribution >= 4 is 17.4 Å². The second kappa shape index (κ2) is 8.45. The first kappa shape index (κ1) is 20.5. The molecule has 0 radical (unpaired) electrons. The van der Waals surface area contributed by atoms with E-state index in [0.717, 1.165) is 0 Å². The Balaban J connectivity index is 2.17. The van der Waals surface area contributed by atoms with Crippen LogP contribution in [0.1, 0.15) is 17.2 Å². The van der Waals surface area contributed by atoms with Gasteiger partial charge in [-0.05, 0) is 43.9 Å². The fraction of sp³-hybridized carbons (Fsp3) is 0.273. The van der Waals surface area contributed by atoms with E-state index in [4.69, 9.17) is 4.74 Å². The topological polar surface area (TPSA) is 70.1 Å². The molecule has 1 unspecified atom stereocenters. The van der Waals surface area contributed by atoms with Crippen molar-refractivity contribution in [3.63, 3.8) is 0 Å². The second-order valence-corrected chi connectivity index (χ2v) is 7.05. The number of benzene rings is 2. The molecule has 6 nitrogen and oxygen atoms in total. The van der Waals surface area contributed by atoms with Crippen LogP contribution in [0, 0.1) is 5.82 Å². The molecule has 1 aliphatic heterocycles. The number of rotatable bonds is 6. The minimum atomic E-state index is -0.819. The van der Waals surface area contributed by atoms with Gasteiger partial charge in [0.15, 0.2) is 0 Å². The maximum Gasteiger partial charge on any atom is 0.295 e. The number of carbonyl (C=O) groups excluding carboxylic acids is 2. The zero-order chi connectivity index (χ0) is 21.1. The molecule has 29 heavy (non-hydrogen) atoms. The molecule has 1 saturated heterocycles. The SMILES string of the molecule is COc1ccccc1/C(O)=C1/C(=O)C(=O)N(CCN(C)C)C1c1ccc(F)cc1. The lowest BCUT2D eigenvalue weighted by molar-refractivity contribution is -0.140. The lowest BCUT2D eigenvalue weighted by Gasteiger charge is -2.26. The molecular weight excluding hydrogens is 375 g/mol. The van der Waals surface area contributed by atoms with Crippen LogP contribution in [0.4, 0.5) is 4.39 Å². The van der Waals surface area contributed by atoms with Gasteiger partial charge in [-0.3, -0.25) is 9.59 Å². The van der Waals surface area contributed by atoms with Gasteiger partial charge >= 0.3 is 0 Å². The van der Waals surface area contributed by atoms with Crippen molar-refractivity contribution < 1.29 is 23.8 Å². The molecule has 2 aromatic carbocycles. The van der Waals surface area contributed by atoms with E-state index in [1.54, 1.807) is 24.3 Å². The maximum atomic E-state index is 13.5. The van der Waals surface area contributed by atoms with Gasteiger partial charge in [0.25, 0.3) is 11.7 Å². The number of nitrogens with zero attached hydrogens (tertiary/aromatic N) is 2. The van der Waals surface area contributed by atoms with Gasteiger partial charge in [0.1, 0.15) is 17.3 Å². The average Bonchev–Trinajstić information content (AvgIpc) is 2.97. The molecule has 1 aliphatic rings. The van der Waals surface area contributed by atoms with Gasteiger partial charge < -0.3 is 19.6 Å². The van der Waals surface area contributed by atoms with Gasteiger partial charge in [-0.25, -0.2) is 4.39 Å². The molecule has 1 amide bonds. The number of aliphatic hydroxyl groups excluding tert-OH is 1. The van der Waals surface area contributed by atoms with E-state index in [1.807, 2.05) is 19.0 Å². The third-order valence-corrected chi connectivity index (χ3v) is 4.88. The van der Waals surface area contributed by atoms with Gasteiger partial charge in [-0.2, -0.15) is 0 Å². The summed E-state index contributed by atoms with van der Waals surface area (Å²) < 4.78 is 18.8. The van der Waals surface area contributed by atoms with Gasteiger partial charge in [-0.15, -0.1) is 0 Å². The summed E-state index contributed by atoms with van der Waals surface area (Å²) in [5, 5.41) is 11.0. The molecule has 1 N–H and O–H groups in total. The van der Waals surface area contributed by atoms with E-state index in [2.05, 4.69) is 0 Å². The molecule has 0 spiro atoms. The summed E-state index contributed by atoms with van der Waals surface area (Å²) >= 11 is 0. The summed E-state index contributed by atoms with van der Waals surface area (Å²) in [6.45, 7) is 0.807. The summed E-state index contributed by atoms with van der Waals surface area (Å²) in [5.74, 6) is -1.84. The van der Waals surface area contributed by atoms with Crippen LogP contribution in [-0.4, -0.2) is 60.9 Å². The molecule has 1 fully saturated rings. The zero-order valence-corrected chi connectivity index (χ0v) is 16.6. The Morgan fingerprint density at radius 2 is 1.79 bits per heavy atom. The summed E-state index contributed by atoms with van der Waals surface area (Å²) in [6, 6.07) is 11.5. The number of halogens is 1. The number of ether oxygens (including phenoxy) is 1. The van der Waals surface area contributed by atoms with Gasteiger partial charge in [0.2, 0.25) is 0 Å². The van der Waals surface area contributed by atoms with Crippen LogP contribution in [-0.2, 0) is 9.59 Å². The number of aliphatic hydroxyl groups is 1. The minimum absolute atomic E-state index is 0.0372. The Morgan fingerprint density at radius 3 is 2.41 bits per heavy atom. The molecule has 3 rings (SSSR count). The van der Waals surface area contributed by atoms with Crippen molar-refractivity contribution in [2.75, 3.05) is 34.3 Å². The number of methoxy groups -OCH3 is 1. The molecular formula is C22H23FN2O4. The first-order chi connectivity index (χ1) is 13.8. The summed E-state index contributed by atoms with van der Waals surface area (Å²) in [6.07, 6.45) is 0. The van der Waals surface area contributed by atoms with Crippen molar-refractivity contribution in [1.82, 2.24) is 9.80 Å². The lowest BCUT2D eigenvalue weighted by atomic mass is 9.95. The molecule has 0 bridgehead atoms. The van der Waals surface area contributed by atoms with Crippen LogP contribution >= 0.6 is 0 Å². The van der Waals surface area contributed by atoms with E-state index < -0.39 is 23.5 Å². The molecule has 152 valence electrons. The van der Waals surface area contributed by atoms with Crippen LogP contribution in [0.2, 0.25) is 0 Å². The summed E-state index contributed by atoms with van der Waals surface area (Å²) in [7, 11) is 5.18. The van der Waals surface area contributed by atoms with Gasteiger partial charge in [-0.1, -0.05) is 24.3 Å².